The molecule has 1 heteroatoms. The lowest BCUT2D eigenvalue weighted by molar-refractivity contribution is 0.175. The Morgan fingerprint density at radius 2 is 1.32 bits per heavy atom. The summed E-state index contributed by atoms with van der Waals surface area (Å²) in [6.07, 6.45) is 21.0. The Bertz CT molecular complexity index is 186. The highest BCUT2D eigenvalue weighted by atomic mass is 16.5. The zero-order valence-electron chi connectivity index (χ0n) is 13.3. The fraction of sp³-hybridized carbons (Fsp3) is 0.833. The quantitative estimate of drug-likeness (QED) is 0.273. The van der Waals surface area contributed by atoms with Gasteiger partial charge in [-0.15, -0.1) is 0 Å². The summed E-state index contributed by atoms with van der Waals surface area (Å²) in [5.41, 5.74) is 0. The van der Waals surface area contributed by atoms with Crippen LogP contribution in [-0.2, 0) is 4.74 Å². The molecule has 0 saturated carbocycles. The van der Waals surface area contributed by atoms with E-state index in [0.29, 0.717) is 0 Å². The van der Waals surface area contributed by atoms with Crippen molar-refractivity contribution < 1.29 is 4.74 Å². The smallest absolute Gasteiger partial charge is 0.0753 e. The van der Waals surface area contributed by atoms with Gasteiger partial charge in [-0.1, -0.05) is 83.3 Å². The lowest BCUT2D eigenvalue weighted by Crippen LogP contribution is -1.98. The van der Waals surface area contributed by atoms with Gasteiger partial charge in [-0.25, -0.2) is 0 Å². The molecule has 1 unspecified atom stereocenters. The molecule has 0 aromatic heterocycles. The number of unbranched alkanes of at least 4 members (excludes halogenated alkanes) is 11. The van der Waals surface area contributed by atoms with E-state index in [1.165, 1.54) is 77.0 Å². The largest absolute Gasteiger partial charge is 0.377 e. The van der Waals surface area contributed by atoms with E-state index in [9.17, 15) is 0 Å². The summed E-state index contributed by atoms with van der Waals surface area (Å²) in [5, 5.41) is 0. The van der Waals surface area contributed by atoms with Crippen LogP contribution in [0.5, 0.6) is 0 Å². The number of hydrogen-bond acceptors (Lipinski definition) is 1. The Morgan fingerprint density at radius 1 is 0.842 bits per heavy atom. The van der Waals surface area contributed by atoms with E-state index in [2.05, 4.69) is 26.0 Å². The molecular weight excluding hydrogens is 232 g/mol. The molecule has 0 amide bonds. The molecule has 0 rings (SSSR count). The van der Waals surface area contributed by atoms with Crippen LogP contribution in [0.25, 0.3) is 0 Å². The van der Waals surface area contributed by atoms with Gasteiger partial charge in [-0.3, -0.25) is 0 Å². The summed E-state index contributed by atoms with van der Waals surface area (Å²) in [6.45, 7) is 6.12. The van der Waals surface area contributed by atoms with E-state index in [1.54, 1.807) is 7.11 Å². The van der Waals surface area contributed by atoms with Crippen LogP contribution in [0.3, 0.4) is 0 Å². The Kier molecular flexibility index (Phi) is 15.5. The van der Waals surface area contributed by atoms with Gasteiger partial charge in [-0.2, -0.15) is 0 Å². The summed E-state index contributed by atoms with van der Waals surface area (Å²) < 4.78 is 5.06. The predicted octanol–water partition coefficient (Wildman–Crippen LogP) is 6.09. The molecule has 0 saturated heterocycles. The van der Waals surface area contributed by atoms with Crippen molar-refractivity contribution in [3.63, 3.8) is 0 Å². The molecule has 0 fully saturated rings. The van der Waals surface area contributed by atoms with Crippen LogP contribution in [-0.4, -0.2) is 13.2 Å². The fourth-order valence-corrected chi connectivity index (χ4v) is 2.25. The first-order chi connectivity index (χ1) is 9.31. The molecule has 0 N–H and O–H groups in total. The van der Waals surface area contributed by atoms with Crippen molar-refractivity contribution in [3.05, 3.63) is 19.1 Å². The zero-order valence-corrected chi connectivity index (χ0v) is 13.3. The summed E-state index contributed by atoms with van der Waals surface area (Å²) >= 11 is 0. The molecule has 0 aromatic carbocycles. The van der Waals surface area contributed by atoms with Crippen LogP contribution in [0.1, 0.15) is 84.0 Å². The third-order valence-electron chi connectivity index (χ3n) is 3.63. The number of ether oxygens (including phenoxy) is 1. The number of hydrogen-bond donors (Lipinski definition) is 0. The van der Waals surface area contributed by atoms with Crippen LogP contribution in [0, 0.1) is 6.92 Å². The van der Waals surface area contributed by atoms with E-state index in [4.69, 9.17) is 4.74 Å². The van der Waals surface area contributed by atoms with Crippen molar-refractivity contribution in [2.24, 2.45) is 0 Å². The topological polar surface area (TPSA) is 9.23 Å². The third-order valence-corrected chi connectivity index (χ3v) is 3.63. The average Bonchev–Trinajstić information content (AvgIpc) is 2.43. The Labute approximate surface area is 121 Å². The number of rotatable bonds is 14. The lowest BCUT2D eigenvalue weighted by atomic mass is 10.1. The number of methoxy groups -OCH3 is 1. The van der Waals surface area contributed by atoms with Gasteiger partial charge in [0.15, 0.2) is 0 Å². The molecule has 0 spiro atoms. The van der Waals surface area contributed by atoms with Gasteiger partial charge in [0.05, 0.1) is 6.10 Å². The van der Waals surface area contributed by atoms with Crippen molar-refractivity contribution in [3.8, 4) is 0 Å². The second-order valence-electron chi connectivity index (χ2n) is 5.53. The molecule has 0 heterocycles. The maximum Gasteiger partial charge on any atom is 0.0753 e. The average molecular weight is 267 g/mol. The van der Waals surface area contributed by atoms with Crippen molar-refractivity contribution in [1.29, 1.82) is 0 Å². The second-order valence-corrected chi connectivity index (χ2v) is 5.53. The minimum Gasteiger partial charge on any atom is -0.377 e. The summed E-state index contributed by atoms with van der Waals surface area (Å²) in [5.74, 6) is 0. The third kappa shape index (κ3) is 15.6. The molecule has 1 radical (unpaired) electrons. The van der Waals surface area contributed by atoms with E-state index < -0.39 is 0 Å². The predicted molar refractivity (Wildman–Crippen MR) is 86.4 cm³/mol. The molecule has 0 bridgehead atoms. The van der Waals surface area contributed by atoms with Crippen molar-refractivity contribution in [1.82, 2.24) is 0 Å². The second kappa shape index (κ2) is 15.8. The molecule has 0 aliphatic heterocycles. The van der Waals surface area contributed by atoms with Crippen LogP contribution < -0.4 is 0 Å². The van der Waals surface area contributed by atoms with Crippen molar-refractivity contribution in [2.45, 2.75) is 90.1 Å². The first-order valence-electron chi connectivity index (χ1n) is 8.33. The van der Waals surface area contributed by atoms with Gasteiger partial charge in [0.25, 0.3) is 0 Å². The van der Waals surface area contributed by atoms with Crippen molar-refractivity contribution >= 4 is 0 Å². The maximum atomic E-state index is 5.06. The van der Waals surface area contributed by atoms with Gasteiger partial charge in [-0.05, 0) is 19.8 Å². The lowest BCUT2D eigenvalue weighted by Gasteiger charge is -2.02. The minimum atomic E-state index is 0.0210. The summed E-state index contributed by atoms with van der Waals surface area (Å²) in [6, 6.07) is 0. The molecule has 0 aromatic rings. The van der Waals surface area contributed by atoms with Gasteiger partial charge >= 0.3 is 0 Å². The van der Waals surface area contributed by atoms with Crippen LogP contribution in [0.4, 0.5) is 0 Å². The Balaban J connectivity index is 3.05. The molecule has 0 aliphatic carbocycles. The van der Waals surface area contributed by atoms with Gasteiger partial charge in [0, 0.05) is 7.11 Å². The first kappa shape index (κ1) is 18.7. The maximum absolute atomic E-state index is 5.06. The zero-order chi connectivity index (χ0) is 14.2. The molecule has 1 nitrogen and oxygen atoms in total. The normalized spacial score (nSPS) is 13.2. The van der Waals surface area contributed by atoms with Crippen molar-refractivity contribution in [2.75, 3.05) is 7.11 Å². The van der Waals surface area contributed by atoms with Gasteiger partial charge in [0.1, 0.15) is 0 Å². The molecule has 0 aliphatic rings. The summed E-state index contributed by atoms with van der Waals surface area (Å²) in [7, 11) is 1.70. The Hall–Kier alpha value is -0.300. The summed E-state index contributed by atoms with van der Waals surface area (Å²) in [4.78, 5) is 0. The SMILES string of the molecule is [CH2]C(C=CCCCCCCCCCCCCC)OC. The van der Waals surface area contributed by atoms with E-state index in [1.807, 2.05) is 0 Å². The van der Waals surface area contributed by atoms with Crippen LogP contribution >= 0.6 is 0 Å². The molecule has 1 atom stereocenters. The standard InChI is InChI=1S/C18H35O/c1-4-5-6-7-8-9-10-11-12-13-14-15-16-17-18(2)19-3/h16-18H,2,4-15H2,1,3H3. The van der Waals surface area contributed by atoms with E-state index in [-0.39, 0.29) is 6.10 Å². The van der Waals surface area contributed by atoms with E-state index >= 15 is 0 Å². The van der Waals surface area contributed by atoms with Crippen LogP contribution in [0.15, 0.2) is 12.2 Å². The molecular formula is C18H35O. The Morgan fingerprint density at radius 3 is 1.79 bits per heavy atom. The molecule has 19 heavy (non-hydrogen) atoms. The monoisotopic (exact) mass is 267 g/mol. The van der Waals surface area contributed by atoms with Gasteiger partial charge in [0.2, 0.25) is 0 Å². The highest BCUT2D eigenvalue weighted by molar-refractivity contribution is 4.90. The first-order valence-corrected chi connectivity index (χ1v) is 8.33. The van der Waals surface area contributed by atoms with Gasteiger partial charge < -0.3 is 4.74 Å². The minimum absolute atomic E-state index is 0.0210. The molecule has 113 valence electrons. The number of allylic oxidation sites excluding steroid dienone is 1. The highest BCUT2D eigenvalue weighted by Gasteiger charge is 1.93. The van der Waals surface area contributed by atoms with Crippen LogP contribution in [0.2, 0.25) is 0 Å². The fourth-order valence-electron chi connectivity index (χ4n) is 2.25. The highest BCUT2D eigenvalue weighted by Crippen LogP contribution is 2.12. The van der Waals surface area contributed by atoms with E-state index in [0.717, 1.165) is 0 Å².